The second kappa shape index (κ2) is 4.86. The quantitative estimate of drug-likeness (QED) is 0.911. The molecule has 0 unspecified atom stereocenters. The molecule has 8 heteroatoms. The van der Waals surface area contributed by atoms with Crippen molar-refractivity contribution in [2.75, 3.05) is 7.05 Å². The molecule has 1 N–H and O–H groups in total. The van der Waals surface area contributed by atoms with Crippen LogP contribution in [0.15, 0.2) is 23.1 Å². The summed E-state index contributed by atoms with van der Waals surface area (Å²) in [6, 6.07) is 2.60. The van der Waals surface area contributed by atoms with E-state index in [0.717, 1.165) is 39.1 Å². The van der Waals surface area contributed by atoms with Gasteiger partial charge in [0, 0.05) is 7.05 Å². The molecular formula is C11H13F2NO4S. The topological polar surface area (TPSA) is 74.7 Å². The number of hydrogen-bond acceptors (Lipinski definition) is 3. The van der Waals surface area contributed by atoms with Crippen LogP contribution in [0.3, 0.4) is 0 Å². The number of sulfonamides is 1. The molecule has 106 valence electrons. The molecule has 0 saturated heterocycles. The minimum atomic E-state index is -4.60. The van der Waals surface area contributed by atoms with E-state index in [1.54, 1.807) is 0 Å². The largest absolute Gasteiger partial charge is 0.480 e. The first kappa shape index (κ1) is 15.5. The van der Waals surface area contributed by atoms with Crippen molar-refractivity contribution >= 4 is 16.0 Å². The van der Waals surface area contributed by atoms with E-state index in [4.69, 9.17) is 5.11 Å². The van der Waals surface area contributed by atoms with Gasteiger partial charge >= 0.3 is 5.97 Å². The molecule has 0 radical (unpaired) electrons. The van der Waals surface area contributed by atoms with E-state index in [-0.39, 0.29) is 0 Å². The summed E-state index contributed by atoms with van der Waals surface area (Å²) in [5.41, 5.74) is -1.84. The lowest BCUT2D eigenvalue weighted by atomic mass is 10.1. The highest BCUT2D eigenvalue weighted by Crippen LogP contribution is 2.26. The molecule has 0 amide bonds. The third kappa shape index (κ3) is 2.59. The van der Waals surface area contributed by atoms with Crippen LogP contribution >= 0.6 is 0 Å². The Kier molecular flexibility index (Phi) is 3.97. The van der Waals surface area contributed by atoms with Crippen molar-refractivity contribution in [3.05, 3.63) is 29.8 Å². The number of carboxylic acid groups (broad SMARTS) is 1. The fraction of sp³-hybridized carbons (Fsp3) is 0.364. The summed E-state index contributed by atoms with van der Waals surface area (Å²) in [6.07, 6.45) is 0. The normalized spacial score (nSPS) is 12.7. The van der Waals surface area contributed by atoms with Gasteiger partial charge in [0.05, 0.1) is 0 Å². The van der Waals surface area contributed by atoms with Gasteiger partial charge in [0.1, 0.15) is 17.2 Å². The van der Waals surface area contributed by atoms with E-state index in [1.807, 2.05) is 0 Å². The number of carbonyl (C=O) groups is 1. The Morgan fingerprint density at radius 3 is 2.05 bits per heavy atom. The number of halogens is 2. The minimum absolute atomic E-state index is 0.420. The summed E-state index contributed by atoms with van der Waals surface area (Å²) < 4.78 is 51.6. The second-order valence-electron chi connectivity index (χ2n) is 4.39. The molecule has 5 nitrogen and oxygen atoms in total. The maximum absolute atomic E-state index is 13.5. The molecule has 0 aliphatic rings. The summed E-state index contributed by atoms with van der Waals surface area (Å²) in [5, 5.41) is 8.97. The summed E-state index contributed by atoms with van der Waals surface area (Å²) in [6.45, 7) is 2.23. The first-order valence-electron chi connectivity index (χ1n) is 5.19. The Labute approximate surface area is 109 Å². The first-order chi connectivity index (χ1) is 8.52. The van der Waals surface area contributed by atoms with E-state index in [9.17, 15) is 22.0 Å². The Morgan fingerprint density at radius 1 is 1.26 bits per heavy atom. The summed E-state index contributed by atoms with van der Waals surface area (Å²) in [7, 11) is -3.65. The van der Waals surface area contributed by atoms with Gasteiger partial charge in [-0.3, -0.25) is 4.79 Å². The molecule has 1 aromatic rings. The molecule has 0 bridgehead atoms. The smallest absolute Gasteiger partial charge is 0.324 e. The maximum atomic E-state index is 13.5. The third-order valence-corrected chi connectivity index (χ3v) is 4.93. The predicted molar refractivity (Wildman–Crippen MR) is 63.0 cm³/mol. The molecule has 0 saturated carbocycles. The van der Waals surface area contributed by atoms with Crippen LogP contribution in [0, 0.1) is 11.6 Å². The van der Waals surface area contributed by atoms with Crippen LogP contribution in [-0.2, 0) is 14.8 Å². The minimum Gasteiger partial charge on any atom is -0.480 e. The number of nitrogens with zero attached hydrogens (tertiary/aromatic N) is 1. The lowest BCUT2D eigenvalue weighted by Gasteiger charge is -2.30. The summed E-state index contributed by atoms with van der Waals surface area (Å²) in [4.78, 5) is 9.86. The van der Waals surface area contributed by atoms with Crippen LogP contribution in [0.5, 0.6) is 0 Å². The monoisotopic (exact) mass is 293 g/mol. The number of benzene rings is 1. The van der Waals surface area contributed by atoms with Crippen molar-refractivity contribution in [1.29, 1.82) is 0 Å². The Balaban J connectivity index is 3.45. The van der Waals surface area contributed by atoms with Gasteiger partial charge < -0.3 is 5.11 Å². The molecule has 0 aromatic heterocycles. The van der Waals surface area contributed by atoms with Gasteiger partial charge in [0.15, 0.2) is 4.90 Å². The van der Waals surface area contributed by atoms with E-state index >= 15 is 0 Å². The zero-order valence-corrected chi connectivity index (χ0v) is 11.3. The molecule has 0 aliphatic heterocycles. The van der Waals surface area contributed by atoms with Crippen LogP contribution in [0.1, 0.15) is 13.8 Å². The second-order valence-corrected chi connectivity index (χ2v) is 6.29. The Morgan fingerprint density at radius 2 is 1.68 bits per heavy atom. The lowest BCUT2D eigenvalue weighted by molar-refractivity contribution is -0.145. The lowest BCUT2D eigenvalue weighted by Crippen LogP contribution is -2.50. The zero-order chi connectivity index (χ0) is 15.0. The fourth-order valence-corrected chi connectivity index (χ4v) is 2.88. The van der Waals surface area contributed by atoms with Crippen LogP contribution in [0.25, 0.3) is 0 Å². The molecule has 0 fully saturated rings. The molecule has 1 aromatic carbocycles. The highest BCUT2D eigenvalue weighted by Gasteiger charge is 2.42. The van der Waals surface area contributed by atoms with Crippen molar-refractivity contribution in [3.8, 4) is 0 Å². The van der Waals surface area contributed by atoms with Gasteiger partial charge in [-0.25, -0.2) is 17.2 Å². The van der Waals surface area contributed by atoms with Gasteiger partial charge in [-0.05, 0) is 26.0 Å². The van der Waals surface area contributed by atoms with Crippen molar-refractivity contribution in [2.24, 2.45) is 0 Å². The maximum Gasteiger partial charge on any atom is 0.324 e. The number of aliphatic carboxylic acids is 1. The molecule has 19 heavy (non-hydrogen) atoms. The molecule has 0 heterocycles. The van der Waals surface area contributed by atoms with Crippen molar-refractivity contribution < 1.29 is 27.1 Å². The number of rotatable bonds is 4. The number of hydrogen-bond donors (Lipinski definition) is 1. The van der Waals surface area contributed by atoms with E-state index in [2.05, 4.69) is 0 Å². The molecule has 0 atom stereocenters. The van der Waals surface area contributed by atoms with Gasteiger partial charge in [0.25, 0.3) is 0 Å². The van der Waals surface area contributed by atoms with Crippen LogP contribution in [0.4, 0.5) is 8.78 Å². The fourth-order valence-electron chi connectivity index (χ4n) is 1.30. The van der Waals surface area contributed by atoms with Crippen LogP contribution in [0.2, 0.25) is 0 Å². The van der Waals surface area contributed by atoms with Gasteiger partial charge in [-0.1, -0.05) is 6.07 Å². The average molecular weight is 293 g/mol. The van der Waals surface area contributed by atoms with E-state index in [0.29, 0.717) is 4.31 Å². The van der Waals surface area contributed by atoms with Crippen molar-refractivity contribution in [1.82, 2.24) is 4.31 Å². The Bertz CT molecular complexity index is 593. The average Bonchev–Trinajstić information content (AvgIpc) is 2.27. The van der Waals surface area contributed by atoms with E-state index in [1.165, 1.54) is 0 Å². The van der Waals surface area contributed by atoms with Crippen LogP contribution < -0.4 is 0 Å². The van der Waals surface area contributed by atoms with Gasteiger partial charge in [-0.15, -0.1) is 0 Å². The van der Waals surface area contributed by atoms with Gasteiger partial charge in [0.2, 0.25) is 10.0 Å². The summed E-state index contributed by atoms with van der Waals surface area (Å²) in [5.74, 6) is -3.98. The summed E-state index contributed by atoms with van der Waals surface area (Å²) >= 11 is 0. The first-order valence-corrected chi connectivity index (χ1v) is 6.63. The Hall–Kier alpha value is -1.54. The van der Waals surface area contributed by atoms with Crippen molar-refractivity contribution in [2.45, 2.75) is 24.3 Å². The van der Waals surface area contributed by atoms with E-state index < -0.39 is 38.1 Å². The highest BCUT2D eigenvalue weighted by atomic mass is 32.2. The standard InChI is InChI=1S/C11H13F2NO4S/c1-11(2,10(15)16)14(3)19(17,18)9-7(12)5-4-6-8(9)13/h4-6H,1-3H3,(H,15,16). The molecule has 0 spiro atoms. The third-order valence-electron chi connectivity index (χ3n) is 2.85. The predicted octanol–water partition coefficient (Wildman–Crippen LogP) is 1.45. The van der Waals surface area contributed by atoms with Crippen LogP contribution in [-0.4, -0.2) is 36.4 Å². The molecule has 1 rings (SSSR count). The zero-order valence-electron chi connectivity index (χ0n) is 10.5. The molecule has 0 aliphatic carbocycles. The number of likely N-dealkylation sites (N-methyl/N-ethyl adjacent to an activating group) is 1. The van der Waals surface area contributed by atoms with Crippen molar-refractivity contribution in [3.63, 3.8) is 0 Å². The number of carboxylic acids is 1. The van der Waals surface area contributed by atoms with Gasteiger partial charge in [-0.2, -0.15) is 4.31 Å². The SMILES string of the molecule is CN(C(C)(C)C(=O)O)S(=O)(=O)c1c(F)cccc1F. The highest BCUT2D eigenvalue weighted by molar-refractivity contribution is 7.89. The molecular weight excluding hydrogens is 280 g/mol.